The van der Waals surface area contributed by atoms with Gasteiger partial charge in [0.05, 0.1) is 11.1 Å². The molecule has 0 amide bonds. The molecule has 1 rings (SSSR count). The molecule has 5 heteroatoms. The fourth-order valence-corrected chi connectivity index (χ4v) is 1.53. The first-order chi connectivity index (χ1) is 8.26. The highest BCUT2D eigenvalue weighted by Gasteiger charge is 2.22. The maximum atomic E-state index is 11.9. The first-order valence-electron chi connectivity index (χ1n) is 5.55. The number of nitrogens with two attached hydrogens (primary N) is 1. The molecule has 0 unspecified atom stereocenters. The Balaban J connectivity index is 3.21. The molecule has 0 fully saturated rings. The Morgan fingerprint density at radius 2 is 1.83 bits per heavy atom. The van der Waals surface area contributed by atoms with Gasteiger partial charge in [-0.05, 0) is 38.5 Å². The Hall–Kier alpha value is -1.88. The minimum Gasteiger partial charge on any atom is -0.478 e. The molecular formula is C13H17NO4. The van der Waals surface area contributed by atoms with Gasteiger partial charge in [0.1, 0.15) is 5.60 Å². The quantitative estimate of drug-likeness (QED) is 0.799. The third kappa shape index (κ3) is 3.30. The topological polar surface area (TPSA) is 89.6 Å². The highest BCUT2D eigenvalue weighted by Crippen LogP contribution is 2.18. The van der Waals surface area contributed by atoms with Crippen LogP contribution in [0.5, 0.6) is 0 Å². The van der Waals surface area contributed by atoms with Crippen LogP contribution in [-0.2, 0) is 11.3 Å². The molecule has 0 aliphatic carbocycles. The molecule has 0 saturated carbocycles. The summed E-state index contributed by atoms with van der Waals surface area (Å²) >= 11 is 0. The van der Waals surface area contributed by atoms with Gasteiger partial charge in [-0.25, -0.2) is 9.59 Å². The van der Waals surface area contributed by atoms with E-state index in [0.29, 0.717) is 5.56 Å². The van der Waals surface area contributed by atoms with Crippen molar-refractivity contribution in [3.05, 3.63) is 34.9 Å². The molecule has 0 bridgehead atoms. The van der Waals surface area contributed by atoms with Crippen molar-refractivity contribution >= 4 is 11.9 Å². The zero-order chi connectivity index (χ0) is 13.9. The zero-order valence-corrected chi connectivity index (χ0v) is 10.7. The maximum absolute atomic E-state index is 11.9. The van der Waals surface area contributed by atoms with E-state index in [9.17, 15) is 9.59 Å². The Morgan fingerprint density at radius 1 is 1.28 bits per heavy atom. The van der Waals surface area contributed by atoms with Crippen LogP contribution in [0.15, 0.2) is 18.2 Å². The summed E-state index contributed by atoms with van der Waals surface area (Å²) in [7, 11) is 0. The highest BCUT2D eigenvalue weighted by atomic mass is 16.6. The van der Waals surface area contributed by atoms with Crippen LogP contribution >= 0.6 is 0 Å². The number of benzene rings is 1. The standard InChI is InChI=1S/C13H17NO4/c1-13(2,3)18-12(17)9-6-4-5-8(11(15)16)10(9)7-14/h4-6H,7,14H2,1-3H3,(H,15,16). The van der Waals surface area contributed by atoms with Crippen LogP contribution in [0.1, 0.15) is 47.1 Å². The minimum atomic E-state index is -1.11. The average molecular weight is 251 g/mol. The van der Waals surface area contributed by atoms with Crippen LogP contribution in [0, 0.1) is 0 Å². The predicted molar refractivity (Wildman–Crippen MR) is 66.5 cm³/mol. The van der Waals surface area contributed by atoms with E-state index in [0.717, 1.165) is 0 Å². The van der Waals surface area contributed by atoms with Crippen molar-refractivity contribution in [1.29, 1.82) is 0 Å². The van der Waals surface area contributed by atoms with Gasteiger partial charge >= 0.3 is 11.9 Å². The molecule has 0 radical (unpaired) electrons. The molecule has 0 aliphatic rings. The van der Waals surface area contributed by atoms with Crippen LogP contribution in [0.3, 0.4) is 0 Å². The summed E-state index contributed by atoms with van der Waals surface area (Å²) in [5.41, 5.74) is 5.40. The molecule has 0 aliphatic heterocycles. The monoisotopic (exact) mass is 251 g/mol. The van der Waals surface area contributed by atoms with Crippen molar-refractivity contribution in [3.63, 3.8) is 0 Å². The molecule has 0 heterocycles. The molecule has 0 spiro atoms. The van der Waals surface area contributed by atoms with E-state index in [2.05, 4.69) is 0 Å². The van der Waals surface area contributed by atoms with E-state index in [-0.39, 0.29) is 17.7 Å². The summed E-state index contributed by atoms with van der Waals surface area (Å²) in [6.45, 7) is 5.20. The number of carboxylic acid groups (broad SMARTS) is 1. The van der Waals surface area contributed by atoms with E-state index in [4.69, 9.17) is 15.6 Å². The summed E-state index contributed by atoms with van der Waals surface area (Å²) in [5.74, 6) is -1.67. The second kappa shape index (κ2) is 5.18. The Labute approximate surface area is 106 Å². The van der Waals surface area contributed by atoms with Gasteiger partial charge in [-0.3, -0.25) is 0 Å². The van der Waals surface area contributed by atoms with Gasteiger partial charge in [-0.1, -0.05) is 6.07 Å². The molecule has 0 saturated heterocycles. The van der Waals surface area contributed by atoms with Crippen molar-refractivity contribution < 1.29 is 19.4 Å². The molecule has 18 heavy (non-hydrogen) atoms. The lowest BCUT2D eigenvalue weighted by atomic mass is 10.0. The van der Waals surface area contributed by atoms with Crippen molar-refractivity contribution in [2.45, 2.75) is 32.9 Å². The number of aromatic carboxylic acids is 1. The summed E-state index contributed by atoms with van der Waals surface area (Å²) in [6.07, 6.45) is 0. The van der Waals surface area contributed by atoms with E-state index < -0.39 is 17.5 Å². The number of carbonyl (C=O) groups excluding carboxylic acids is 1. The number of hydrogen-bond acceptors (Lipinski definition) is 4. The van der Waals surface area contributed by atoms with Gasteiger partial charge in [-0.2, -0.15) is 0 Å². The van der Waals surface area contributed by atoms with Gasteiger partial charge in [0.25, 0.3) is 0 Å². The van der Waals surface area contributed by atoms with Crippen molar-refractivity contribution in [1.82, 2.24) is 0 Å². The minimum absolute atomic E-state index is 0.0286. The number of carbonyl (C=O) groups is 2. The predicted octanol–water partition coefficient (Wildman–Crippen LogP) is 1.80. The van der Waals surface area contributed by atoms with Gasteiger partial charge in [-0.15, -0.1) is 0 Å². The average Bonchev–Trinajstić information content (AvgIpc) is 2.25. The van der Waals surface area contributed by atoms with E-state index in [1.54, 1.807) is 20.8 Å². The molecule has 1 aromatic rings. The molecule has 1 aromatic carbocycles. The summed E-state index contributed by atoms with van der Waals surface area (Å²) in [5, 5.41) is 9.03. The van der Waals surface area contributed by atoms with Crippen LogP contribution < -0.4 is 5.73 Å². The SMILES string of the molecule is CC(C)(C)OC(=O)c1cccc(C(=O)O)c1CN. The number of esters is 1. The van der Waals surface area contributed by atoms with Crippen LogP contribution in [0.4, 0.5) is 0 Å². The molecule has 0 aromatic heterocycles. The molecule has 0 atom stereocenters. The second-order valence-electron chi connectivity index (χ2n) is 4.84. The van der Waals surface area contributed by atoms with Crippen molar-refractivity contribution in [3.8, 4) is 0 Å². The van der Waals surface area contributed by atoms with Crippen LogP contribution in [0.2, 0.25) is 0 Å². The largest absolute Gasteiger partial charge is 0.478 e. The van der Waals surface area contributed by atoms with Crippen LogP contribution in [0.25, 0.3) is 0 Å². The Bertz CT molecular complexity index is 474. The lowest BCUT2D eigenvalue weighted by Crippen LogP contribution is -2.25. The Kier molecular flexibility index (Phi) is 4.08. The van der Waals surface area contributed by atoms with Gasteiger partial charge in [0.15, 0.2) is 0 Å². The fourth-order valence-electron chi connectivity index (χ4n) is 1.53. The first kappa shape index (κ1) is 14.2. The lowest BCUT2D eigenvalue weighted by Gasteiger charge is -2.20. The molecule has 3 N–H and O–H groups in total. The lowest BCUT2D eigenvalue weighted by molar-refractivity contribution is 0.00683. The van der Waals surface area contributed by atoms with Gasteiger partial charge in [0, 0.05) is 6.54 Å². The van der Waals surface area contributed by atoms with Crippen molar-refractivity contribution in [2.75, 3.05) is 0 Å². The Morgan fingerprint density at radius 3 is 2.28 bits per heavy atom. The number of ether oxygens (including phenoxy) is 1. The molecule has 98 valence electrons. The van der Waals surface area contributed by atoms with Gasteiger partial charge in [0.2, 0.25) is 0 Å². The summed E-state index contributed by atoms with van der Waals surface area (Å²) in [6, 6.07) is 4.43. The highest BCUT2D eigenvalue weighted by molar-refractivity contribution is 5.97. The smallest absolute Gasteiger partial charge is 0.339 e. The van der Waals surface area contributed by atoms with E-state index in [1.165, 1.54) is 18.2 Å². The third-order valence-corrected chi connectivity index (χ3v) is 2.23. The second-order valence-corrected chi connectivity index (χ2v) is 4.84. The number of rotatable bonds is 3. The maximum Gasteiger partial charge on any atom is 0.339 e. The number of carboxylic acids is 1. The first-order valence-corrected chi connectivity index (χ1v) is 5.55. The normalized spacial score (nSPS) is 11.1. The summed E-state index contributed by atoms with van der Waals surface area (Å²) < 4.78 is 5.21. The van der Waals surface area contributed by atoms with E-state index >= 15 is 0 Å². The van der Waals surface area contributed by atoms with Crippen molar-refractivity contribution in [2.24, 2.45) is 5.73 Å². The van der Waals surface area contributed by atoms with Gasteiger partial charge < -0.3 is 15.6 Å². The summed E-state index contributed by atoms with van der Waals surface area (Å²) in [4.78, 5) is 23.0. The van der Waals surface area contributed by atoms with Crippen LogP contribution in [-0.4, -0.2) is 22.6 Å². The number of hydrogen-bond donors (Lipinski definition) is 2. The molecule has 5 nitrogen and oxygen atoms in total. The molecular weight excluding hydrogens is 234 g/mol. The third-order valence-electron chi connectivity index (χ3n) is 2.23. The fraction of sp³-hybridized carbons (Fsp3) is 0.385. The zero-order valence-electron chi connectivity index (χ0n) is 10.7. The van der Waals surface area contributed by atoms with E-state index in [1.807, 2.05) is 0 Å².